The molecule has 0 radical (unpaired) electrons. The molecule has 1 fully saturated rings. The molecular weight excluding hydrogens is 226 g/mol. The Bertz CT molecular complexity index is 580. The highest BCUT2D eigenvalue weighted by Crippen LogP contribution is 2.37. The average Bonchev–Trinajstić information content (AvgIpc) is 2.55. The van der Waals surface area contributed by atoms with Gasteiger partial charge in [-0.05, 0) is 39.9 Å². The number of aromatic nitrogens is 3. The molecule has 18 heavy (non-hydrogen) atoms. The van der Waals surface area contributed by atoms with E-state index < -0.39 is 0 Å². The molecule has 0 unspecified atom stereocenters. The van der Waals surface area contributed by atoms with Crippen LogP contribution in [0.5, 0.6) is 0 Å². The minimum Gasteiger partial charge on any atom is -0.383 e. The standard InChI is InChI=1S/C13H19N5/c1-8-12-11(4-5-15-13(12)14)18(16-8)10-6-9(7-10)17(2)3/h4-5,9-10H,6-7H2,1-3H3,(H2,14,15). The molecule has 0 saturated heterocycles. The largest absolute Gasteiger partial charge is 0.383 e. The number of hydrogen-bond acceptors (Lipinski definition) is 4. The molecule has 2 aromatic heterocycles. The molecule has 5 nitrogen and oxygen atoms in total. The van der Waals surface area contributed by atoms with Gasteiger partial charge in [0.15, 0.2) is 0 Å². The molecular formula is C13H19N5. The van der Waals surface area contributed by atoms with Gasteiger partial charge in [0.2, 0.25) is 0 Å². The van der Waals surface area contributed by atoms with Crippen molar-refractivity contribution < 1.29 is 0 Å². The topological polar surface area (TPSA) is 60.0 Å². The Kier molecular flexibility index (Phi) is 2.52. The summed E-state index contributed by atoms with van der Waals surface area (Å²) in [6.45, 7) is 2.00. The third-order valence-corrected chi connectivity index (χ3v) is 3.99. The number of nitrogens with zero attached hydrogens (tertiary/aromatic N) is 4. The van der Waals surface area contributed by atoms with Crippen molar-refractivity contribution >= 4 is 16.7 Å². The summed E-state index contributed by atoms with van der Waals surface area (Å²) in [4.78, 5) is 6.43. The second-order valence-electron chi connectivity index (χ2n) is 5.36. The van der Waals surface area contributed by atoms with Crippen LogP contribution in [-0.2, 0) is 0 Å². The quantitative estimate of drug-likeness (QED) is 0.872. The Labute approximate surface area is 107 Å². The van der Waals surface area contributed by atoms with Crippen molar-refractivity contribution in [2.24, 2.45) is 0 Å². The third kappa shape index (κ3) is 1.58. The zero-order valence-electron chi connectivity index (χ0n) is 11.1. The lowest BCUT2D eigenvalue weighted by Crippen LogP contribution is -2.41. The maximum atomic E-state index is 5.93. The highest BCUT2D eigenvalue weighted by molar-refractivity contribution is 5.90. The molecule has 0 spiro atoms. The monoisotopic (exact) mass is 245 g/mol. The molecule has 2 N–H and O–H groups in total. The van der Waals surface area contributed by atoms with Crippen molar-refractivity contribution in [1.29, 1.82) is 0 Å². The molecule has 1 aliphatic carbocycles. The van der Waals surface area contributed by atoms with Crippen LogP contribution in [0, 0.1) is 6.92 Å². The Morgan fingerprint density at radius 3 is 2.78 bits per heavy atom. The minimum absolute atomic E-state index is 0.496. The molecule has 0 aromatic carbocycles. The first-order valence-electron chi connectivity index (χ1n) is 6.33. The summed E-state index contributed by atoms with van der Waals surface area (Å²) in [6.07, 6.45) is 4.08. The van der Waals surface area contributed by atoms with Gasteiger partial charge in [0.25, 0.3) is 0 Å². The second-order valence-corrected chi connectivity index (χ2v) is 5.36. The fourth-order valence-electron chi connectivity index (χ4n) is 2.75. The molecule has 0 atom stereocenters. The van der Waals surface area contributed by atoms with Crippen LogP contribution in [0.4, 0.5) is 5.82 Å². The van der Waals surface area contributed by atoms with E-state index in [-0.39, 0.29) is 0 Å². The van der Waals surface area contributed by atoms with E-state index in [1.807, 2.05) is 13.0 Å². The first-order chi connectivity index (χ1) is 8.58. The Morgan fingerprint density at radius 2 is 2.11 bits per heavy atom. The number of rotatable bonds is 2. The van der Waals surface area contributed by atoms with E-state index in [4.69, 9.17) is 5.73 Å². The molecule has 3 rings (SSSR count). The zero-order valence-corrected chi connectivity index (χ0v) is 11.1. The Balaban J connectivity index is 1.97. The second kappa shape index (κ2) is 3.95. The van der Waals surface area contributed by atoms with Crippen molar-refractivity contribution in [3.63, 3.8) is 0 Å². The van der Waals surface area contributed by atoms with E-state index in [1.54, 1.807) is 6.20 Å². The number of pyridine rings is 1. The summed E-state index contributed by atoms with van der Waals surface area (Å²) >= 11 is 0. The van der Waals surface area contributed by atoms with Crippen LogP contribution in [0.2, 0.25) is 0 Å². The van der Waals surface area contributed by atoms with Gasteiger partial charge in [-0.1, -0.05) is 0 Å². The maximum Gasteiger partial charge on any atom is 0.134 e. The van der Waals surface area contributed by atoms with Crippen LogP contribution in [0.25, 0.3) is 10.9 Å². The molecule has 5 heteroatoms. The predicted octanol–water partition coefficient (Wildman–Crippen LogP) is 1.59. The lowest BCUT2D eigenvalue weighted by Gasteiger charge is -2.39. The number of hydrogen-bond donors (Lipinski definition) is 1. The van der Waals surface area contributed by atoms with Crippen LogP contribution >= 0.6 is 0 Å². The van der Waals surface area contributed by atoms with E-state index >= 15 is 0 Å². The van der Waals surface area contributed by atoms with Gasteiger partial charge in [-0.15, -0.1) is 0 Å². The van der Waals surface area contributed by atoms with Crippen LogP contribution in [0.3, 0.4) is 0 Å². The molecule has 1 aliphatic rings. The van der Waals surface area contributed by atoms with E-state index in [9.17, 15) is 0 Å². The van der Waals surface area contributed by atoms with Gasteiger partial charge in [0.05, 0.1) is 22.6 Å². The summed E-state index contributed by atoms with van der Waals surface area (Å²) in [7, 11) is 4.27. The Hall–Kier alpha value is -1.62. The lowest BCUT2D eigenvalue weighted by molar-refractivity contribution is 0.124. The van der Waals surface area contributed by atoms with E-state index in [1.165, 1.54) is 0 Å². The molecule has 0 amide bonds. The number of anilines is 1. The van der Waals surface area contributed by atoms with Gasteiger partial charge in [0.1, 0.15) is 5.82 Å². The summed E-state index contributed by atoms with van der Waals surface area (Å²) in [5, 5.41) is 5.65. The van der Waals surface area contributed by atoms with Crippen molar-refractivity contribution in [1.82, 2.24) is 19.7 Å². The minimum atomic E-state index is 0.496. The SMILES string of the molecule is Cc1nn(C2CC(N(C)C)C2)c2ccnc(N)c12. The first-order valence-corrected chi connectivity index (χ1v) is 6.33. The molecule has 96 valence electrons. The van der Waals surface area contributed by atoms with Crippen LogP contribution in [-0.4, -0.2) is 39.8 Å². The average molecular weight is 245 g/mol. The smallest absolute Gasteiger partial charge is 0.134 e. The van der Waals surface area contributed by atoms with E-state index in [0.29, 0.717) is 17.9 Å². The van der Waals surface area contributed by atoms with Gasteiger partial charge in [0, 0.05) is 12.2 Å². The number of nitrogens with two attached hydrogens (primary N) is 1. The van der Waals surface area contributed by atoms with E-state index in [0.717, 1.165) is 29.4 Å². The van der Waals surface area contributed by atoms with Crippen molar-refractivity contribution in [3.8, 4) is 0 Å². The normalized spacial score (nSPS) is 23.6. The molecule has 2 heterocycles. The van der Waals surface area contributed by atoms with Gasteiger partial charge in [-0.25, -0.2) is 4.98 Å². The number of aryl methyl sites for hydroxylation is 1. The van der Waals surface area contributed by atoms with Crippen molar-refractivity contribution in [3.05, 3.63) is 18.0 Å². The summed E-state index contributed by atoms with van der Waals surface area (Å²) in [5.41, 5.74) is 8.02. The molecule has 0 aliphatic heterocycles. The van der Waals surface area contributed by atoms with Crippen LogP contribution in [0.1, 0.15) is 24.6 Å². The molecule has 1 saturated carbocycles. The number of fused-ring (bicyclic) bond motifs is 1. The number of nitrogen functional groups attached to an aromatic ring is 1. The van der Waals surface area contributed by atoms with E-state index in [2.05, 4.69) is 33.8 Å². The molecule has 2 aromatic rings. The summed E-state index contributed by atoms with van der Waals surface area (Å²) < 4.78 is 2.13. The fraction of sp³-hybridized carbons (Fsp3) is 0.538. The highest BCUT2D eigenvalue weighted by atomic mass is 15.3. The zero-order chi connectivity index (χ0) is 12.9. The van der Waals surface area contributed by atoms with Crippen molar-refractivity contribution in [2.75, 3.05) is 19.8 Å². The summed E-state index contributed by atoms with van der Waals surface area (Å²) in [6, 6.07) is 3.18. The highest BCUT2D eigenvalue weighted by Gasteiger charge is 2.33. The maximum absolute atomic E-state index is 5.93. The van der Waals surface area contributed by atoms with Gasteiger partial charge in [-0.2, -0.15) is 5.10 Å². The first kappa shape index (κ1) is 11.5. The van der Waals surface area contributed by atoms with Crippen molar-refractivity contribution in [2.45, 2.75) is 31.8 Å². The van der Waals surface area contributed by atoms with Gasteiger partial charge in [-0.3, -0.25) is 4.68 Å². The lowest BCUT2D eigenvalue weighted by atomic mass is 9.86. The van der Waals surface area contributed by atoms with Crippen LogP contribution < -0.4 is 5.73 Å². The third-order valence-electron chi connectivity index (χ3n) is 3.99. The summed E-state index contributed by atoms with van der Waals surface area (Å²) in [5.74, 6) is 0.583. The predicted molar refractivity (Wildman–Crippen MR) is 72.4 cm³/mol. The van der Waals surface area contributed by atoms with Gasteiger partial charge < -0.3 is 10.6 Å². The molecule has 0 bridgehead atoms. The Morgan fingerprint density at radius 1 is 1.39 bits per heavy atom. The van der Waals surface area contributed by atoms with Crippen LogP contribution in [0.15, 0.2) is 12.3 Å². The van der Waals surface area contributed by atoms with Gasteiger partial charge >= 0.3 is 0 Å². The fourth-order valence-corrected chi connectivity index (χ4v) is 2.75.